The number of benzene rings is 1. The van der Waals surface area contributed by atoms with Gasteiger partial charge >= 0.3 is 0 Å². The molecule has 1 aromatic carbocycles. The zero-order valence-corrected chi connectivity index (χ0v) is 13.7. The maximum atomic E-state index is 11.9. The first kappa shape index (κ1) is 15.0. The number of phenolic OH excluding ortho intramolecular Hbond substituents is 1. The van der Waals surface area contributed by atoms with Crippen molar-refractivity contribution in [3.63, 3.8) is 0 Å². The molecular formula is C14H11Br2NO3. The van der Waals surface area contributed by atoms with E-state index in [4.69, 9.17) is 4.42 Å². The standard InChI is InChI=1S/C14H11Br2NO3/c1-8-11(2-3-20-8)13(18)7-17-6-9-4-10(15)5-12(16)14(9)19/h2-6,19H,7H2,1H3. The monoisotopic (exact) mass is 399 g/mol. The van der Waals surface area contributed by atoms with Gasteiger partial charge in [0.1, 0.15) is 18.1 Å². The topological polar surface area (TPSA) is 62.8 Å². The summed E-state index contributed by atoms with van der Waals surface area (Å²) in [6, 6.07) is 5.07. The first-order valence-electron chi connectivity index (χ1n) is 5.74. The highest BCUT2D eigenvalue weighted by atomic mass is 79.9. The van der Waals surface area contributed by atoms with Gasteiger partial charge < -0.3 is 9.52 Å². The lowest BCUT2D eigenvalue weighted by Crippen LogP contribution is -2.03. The summed E-state index contributed by atoms with van der Waals surface area (Å²) in [5.41, 5.74) is 1.06. The van der Waals surface area contributed by atoms with Gasteiger partial charge in [-0.15, -0.1) is 0 Å². The average molecular weight is 401 g/mol. The van der Waals surface area contributed by atoms with Crippen molar-refractivity contribution in [1.29, 1.82) is 0 Å². The minimum atomic E-state index is -0.124. The molecule has 0 spiro atoms. The number of halogens is 2. The fraction of sp³-hybridized carbons (Fsp3) is 0.143. The van der Waals surface area contributed by atoms with E-state index in [2.05, 4.69) is 36.9 Å². The lowest BCUT2D eigenvalue weighted by Gasteiger charge is -2.02. The largest absolute Gasteiger partial charge is 0.506 e. The van der Waals surface area contributed by atoms with E-state index in [0.717, 1.165) is 4.47 Å². The molecule has 1 heterocycles. The lowest BCUT2D eigenvalue weighted by atomic mass is 10.1. The Morgan fingerprint density at radius 2 is 2.20 bits per heavy atom. The molecule has 1 aromatic heterocycles. The third-order valence-corrected chi connectivity index (χ3v) is 3.74. The van der Waals surface area contributed by atoms with E-state index in [9.17, 15) is 9.90 Å². The van der Waals surface area contributed by atoms with Crippen LogP contribution in [0.25, 0.3) is 0 Å². The van der Waals surface area contributed by atoms with Gasteiger partial charge in [-0.2, -0.15) is 0 Å². The Balaban J connectivity index is 2.11. The number of aryl methyl sites for hydroxylation is 1. The van der Waals surface area contributed by atoms with E-state index >= 15 is 0 Å². The summed E-state index contributed by atoms with van der Waals surface area (Å²) < 4.78 is 6.44. The van der Waals surface area contributed by atoms with Gasteiger partial charge in [-0.1, -0.05) is 15.9 Å². The Hall–Kier alpha value is -1.40. The molecule has 0 unspecified atom stereocenters. The molecule has 0 bridgehead atoms. The molecule has 0 saturated carbocycles. The van der Waals surface area contributed by atoms with Crippen LogP contribution in [0.4, 0.5) is 0 Å². The molecule has 104 valence electrons. The number of hydrogen-bond donors (Lipinski definition) is 1. The number of furan rings is 1. The van der Waals surface area contributed by atoms with Crippen LogP contribution < -0.4 is 0 Å². The van der Waals surface area contributed by atoms with E-state index in [1.54, 1.807) is 25.1 Å². The smallest absolute Gasteiger partial charge is 0.187 e. The summed E-state index contributed by atoms with van der Waals surface area (Å²) in [5.74, 6) is 0.545. The van der Waals surface area contributed by atoms with Crippen molar-refractivity contribution in [1.82, 2.24) is 0 Å². The Kier molecular flexibility index (Phi) is 4.77. The highest BCUT2D eigenvalue weighted by Gasteiger charge is 2.10. The van der Waals surface area contributed by atoms with Crippen LogP contribution in [-0.4, -0.2) is 23.6 Å². The van der Waals surface area contributed by atoms with Crippen LogP contribution in [-0.2, 0) is 0 Å². The van der Waals surface area contributed by atoms with E-state index in [1.807, 2.05) is 0 Å². The van der Waals surface area contributed by atoms with Crippen molar-refractivity contribution in [3.05, 3.63) is 50.3 Å². The molecule has 0 saturated heterocycles. The number of phenols is 1. The first-order valence-corrected chi connectivity index (χ1v) is 7.32. The zero-order valence-electron chi connectivity index (χ0n) is 10.6. The molecule has 0 radical (unpaired) electrons. The molecule has 6 heteroatoms. The van der Waals surface area contributed by atoms with Crippen molar-refractivity contribution in [2.24, 2.45) is 4.99 Å². The van der Waals surface area contributed by atoms with E-state index in [-0.39, 0.29) is 18.1 Å². The molecule has 0 aliphatic heterocycles. The number of carbonyl (C=O) groups excluding carboxylic acids is 1. The number of nitrogens with zero attached hydrogens (tertiary/aromatic N) is 1. The second-order valence-corrected chi connectivity index (χ2v) is 5.88. The normalized spacial score (nSPS) is 11.2. The molecule has 0 aliphatic carbocycles. The van der Waals surface area contributed by atoms with Crippen molar-refractivity contribution < 1.29 is 14.3 Å². The predicted octanol–water partition coefficient (Wildman–Crippen LogP) is 4.12. The minimum absolute atomic E-state index is 0.00391. The zero-order chi connectivity index (χ0) is 14.7. The minimum Gasteiger partial charge on any atom is -0.506 e. The molecular weight excluding hydrogens is 390 g/mol. The van der Waals surface area contributed by atoms with Gasteiger partial charge in [0.05, 0.1) is 16.3 Å². The number of aliphatic imine (C=N–C) groups is 1. The van der Waals surface area contributed by atoms with Gasteiger partial charge in [-0.05, 0) is 41.1 Å². The van der Waals surface area contributed by atoms with Crippen LogP contribution >= 0.6 is 31.9 Å². The molecule has 0 fully saturated rings. The van der Waals surface area contributed by atoms with Crippen LogP contribution in [0.3, 0.4) is 0 Å². The number of ketones is 1. The highest BCUT2D eigenvalue weighted by molar-refractivity contribution is 9.11. The van der Waals surface area contributed by atoms with Gasteiger partial charge in [0, 0.05) is 16.3 Å². The van der Waals surface area contributed by atoms with Crippen LogP contribution in [0.1, 0.15) is 21.7 Å². The molecule has 1 N–H and O–H groups in total. The van der Waals surface area contributed by atoms with Gasteiger partial charge in [0.25, 0.3) is 0 Å². The van der Waals surface area contributed by atoms with Gasteiger partial charge in [-0.25, -0.2) is 0 Å². The van der Waals surface area contributed by atoms with Gasteiger partial charge in [-0.3, -0.25) is 9.79 Å². The van der Waals surface area contributed by atoms with Gasteiger partial charge in [0.15, 0.2) is 5.78 Å². The molecule has 2 rings (SSSR count). The first-order chi connectivity index (χ1) is 9.49. The average Bonchev–Trinajstić information content (AvgIpc) is 2.81. The highest BCUT2D eigenvalue weighted by Crippen LogP contribution is 2.30. The third-order valence-electron chi connectivity index (χ3n) is 2.68. The summed E-state index contributed by atoms with van der Waals surface area (Å²) in [4.78, 5) is 15.9. The SMILES string of the molecule is Cc1occc1C(=O)CN=Cc1cc(Br)cc(Br)c1O. The van der Waals surface area contributed by atoms with Crippen molar-refractivity contribution in [2.45, 2.75) is 6.92 Å². The molecule has 0 aliphatic rings. The second-order valence-electron chi connectivity index (χ2n) is 4.11. The van der Waals surface area contributed by atoms with Crippen LogP contribution in [0, 0.1) is 6.92 Å². The summed E-state index contributed by atoms with van der Waals surface area (Å²) >= 11 is 6.56. The molecule has 2 aromatic rings. The number of aromatic hydroxyl groups is 1. The maximum absolute atomic E-state index is 11.9. The quantitative estimate of drug-likeness (QED) is 0.620. The summed E-state index contributed by atoms with van der Waals surface area (Å²) in [5, 5.41) is 9.86. The summed E-state index contributed by atoms with van der Waals surface area (Å²) in [6.07, 6.45) is 2.95. The molecule has 20 heavy (non-hydrogen) atoms. The van der Waals surface area contributed by atoms with Gasteiger partial charge in [0.2, 0.25) is 0 Å². The van der Waals surface area contributed by atoms with Crippen LogP contribution in [0.15, 0.2) is 42.8 Å². The molecule has 4 nitrogen and oxygen atoms in total. The number of Topliss-reactive ketones (excluding diaryl/α,β-unsaturated/α-hetero) is 1. The van der Waals surface area contributed by atoms with Crippen LogP contribution in [0.5, 0.6) is 5.75 Å². The van der Waals surface area contributed by atoms with Crippen molar-refractivity contribution in [2.75, 3.05) is 6.54 Å². The second kappa shape index (κ2) is 6.37. The fourth-order valence-electron chi connectivity index (χ4n) is 1.67. The van der Waals surface area contributed by atoms with E-state index in [0.29, 0.717) is 21.4 Å². The number of hydrogen-bond acceptors (Lipinski definition) is 4. The fourth-order valence-corrected chi connectivity index (χ4v) is 2.93. The summed E-state index contributed by atoms with van der Waals surface area (Å²) in [6.45, 7) is 1.73. The van der Waals surface area contributed by atoms with Crippen molar-refractivity contribution >= 4 is 43.9 Å². The van der Waals surface area contributed by atoms with Crippen molar-refractivity contribution in [3.8, 4) is 5.75 Å². The van der Waals surface area contributed by atoms with Crippen LogP contribution in [0.2, 0.25) is 0 Å². The predicted molar refractivity (Wildman–Crippen MR) is 83.7 cm³/mol. The lowest BCUT2D eigenvalue weighted by molar-refractivity contribution is 0.100. The Morgan fingerprint density at radius 3 is 2.85 bits per heavy atom. The Bertz CT molecular complexity index is 677. The Labute approximate surface area is 132 Å². The molecule has 0 amide bonds. The number of rotatable bonds is 4. The van der Waals surface area contributed by atoms with E-state index < -0.39 is 0 Å². The number of carbonyl (C=O) groups is 1. The molecule has 0 atom stereocenters. The Morgan fingerprint density at radius 1 is 1.45 bits per heavy atom. The maximum Gasteiger partial charge on any atom is 0.187 e. The summed E-state index contributed by atoms with van der Waals surface area (Å²) in [7, 11) is 0. The van der Waals surface area contributed by atoms with E-state index in [1.165, 1.54) is 12.5 Å². The third kappa shape index (κ3) is 3.37.